The molecule has 0 heterocycles. The van der Waals surface area contributed by atoms with Crippen molar-refractivity contribution < 1.29 is 13.2 Å². The van der Waals surface area contributed by atoms with Crippen LogP contribution >= 0.6 is 0 Å². The van der Waals surface area contributed by atoms with Gasteiger partial charge in [0.05, 0.1) is 16.8 Å². The maximum atomic E-state index is 12.8. The average molecular weight is 144 g/mol. The predicted molar refractivity (Wildman–Crippen MR) is 37.4 cm³/mol. The largest absolute Gasteiger partial charge is 0.497 e. The Balaban J connectivity index is 2.86. The molecule has 1 aromatic carbocycles. The Morgan fingerprint density at radius 2 is 2.50 bits per heavy atom. The number of methoxy groups -OCH3 is 1. The lowest BCUT2D eigenvalue weighted by Gasteiger charge is -1.99. The monoisotopic (exact) mass is 144 g/mol. The minimum atomic E-state index is -2.57. The molecule has 3 heteroatoms. The summed E-state index contributed by atoms with van der Waals surface area (Å²) < 4.78 is 37.5. The van der Waals surface area contributed by atoms with Crippen LogP contribution in [-0.2, 0) is 0 Å². The molecule has 0 saturated heterocycles. The van der Waals surface area contributed by atoms with Crippen LogP contribution in [-0.4, -0.2) is 7.04 Å². The number of hydrogen-bond acceptors (Lipinski definition) is 2. The topological polar surface area (TPSA) is 35.2 Å². The van der Waals surface area contributed by atoms with Crippen LogP contribution in [0.15, 0.2) is 18.2 Å². The highest BCUT2D eigenvalue weighted by Gasteiger charge is 1.97. The zero-order chi connectivity index (χ0) is 10.1. The van der Waals surface area contributed by atoms with E-state index in [4.69, 9.17) is 9.85 Å². The molecular formula is C7H8FNO. The van der Waals surface area contributed by atoms with Gasteiger partial charge in [-0.15, -0.1) is 0 Å². The van der Waals surface area contributed by atoms with Crippen molar-refractivity contribution in [3.8, 4) is 5.75 Å². The van der Waals surface area contributed by atoms with Crippen molar-refractivity contribution in [2.75, 3.05) is 12.8 Å². The van der Waals surface area contributed by atoms with Gasteiger partial charge in [-0.05, 0) is 12.1 Å². The number of nitrogen functional groups attached to an aromatic ring is 1. The van der Waals surface area contributed by atoms with Crippen LogP contribution in [0.2, 0.25) is 0 Å². The second kappa shape index (κ2) is 2.56. The molecule has 0 radical (unpaired) electrons. The zero-order valence-corrected chi connectivity index (χ0v) is 5.10. The molecule has 0 aliphatic carbocycles. The minimum Gasteiger partial charge on any atom is -0.497 e. The number of nitrogens with two attached hydrogens (primary N) is 1. The summed E-state index contributed by atoms with van der Waals surface area (Å²) >= 11 is 0. The Morgan fingerprint density at radius 3 is 3.10 bits per heavy atom. The molecule has 0 bridgehead atoms. The molecule has 2 nitrogen and oxygen atoms in total. The standard InChI is InChI=1S/C7H8FNO/c1-10-5-2-3-7(9)6(8)4-5/h2-4H,9H2,1H3/i1D3. The van der Waals surface area contributed by atoms with E-state index in [1.165, 1.54) is 12.1 Å². The molecule has 0 aromatic heterocycles. The lowest BCUT2D eigenvalue weighted by molar-refractivity contribution is 0.411. The summed E-state index contributed by atoms with van der Waals surface area (Å²) in [4.78, 5) is 0. The summed E-state index contributed by atoms with van der Waals surface area (Å²) in [6.07, 6.45) is 0. The molecule has 1 aromatic rings. The van der Waals surface area contributed by atoms with E-state index in [9.17, 15) is 4.39 Å². The maximum Gasteiger partial charge on any atom is 0.149 e. The van der Waals surface area contributed by atoms with E-state index in [1.807, 2.05) is 0 Å². The van der Waals surface area contributed by atoms with Gasteiger partial charge in [-0.3, -0.25) is 0 Å². The van der Waals surface area contributed by atoms with E-state index in [1.54, 1.807) is 0 Å². The van der Waals surface area contributed by atoms with Gasteiger partial charge in [0.25, 0.3) is 0 Å². The number of anilines is 1. The molecule has 0 aliphatic rings. The number of hydrogen-bond donors (Lipinski definition) is 1. The van der Waals surface area contributed by atoms with Crippen molar-refractivity contribution >= 4 is 5.69 Å². The van der Waals surface area contributed by atoms with Gasteiger partial charge in [0.15, 0.2) is 0 Å². The normalized spacial score (nSPS) is 15.1. The number of ether oxygens (including phenoxy) is 1. The third-order valence-electron chi connectivity index (χ3n) is 1.09. The minimum absolute atomic E-state index is 0.0436. The van der Waals surface area contributed by atoms with Gasteiger partial charge in [0.2, 0.25) is 0 Å². The van der Waals surface area contributed by atoms with E-state index in [0.29, 0.717) is 0 Å². The van der Waals surface area contributed by atoms with E-state index in [0.717, 1.165) is 6.07 Å². The second-order valence-corrected chi connectivity index (χ2v) is 1.79. The molecule has 0 saturated carbocycles. The van der Waals surface area contributed by atoms with Gasteiger partial charge in [-0.25, -0.2) is 4.39 Å². The van der Waals surface area contributed by atoms with E-state index < -0.39 is 12.9 Å². The highest BCUT2D eigenvalue weighted by atomic mass is 19.1. The van der Waals surface area contributed by atoms with Crippen LogP contribution in [0.25, 0.3) is 0 Å². The molecule has 0 spiro atoms. The summed E-state index contributed by atoms with van der Waals surface area (Å²) in [5, 5.41) is 0. The van der Waals surface area contributed by atoms with Gasteiger partial charge in [0.1, 0.15) is 11.6 Å². The summed E-state index contributed by atoms with van der Waals surface area (Å²) in [5.41, 5.74) is 5.14. The molecule has 0 amide bonds. The van der Waals surface area contributed by atoms with Crippen molar-refractivity contribution in [1.29, 1.82) is 0 Å². The molecular weight excluding hydrogens is 133 g/mol. The molecule has 10 heavy (non-hydrogen) atoms. The molecule has 0 unspecified atom stereocenters. The number of halogens is 1. The van der Waals surface area contributed by atoms with Crippen molar-refractivity contribution in [2.24, 2.45) is 0 Å². The van der Waals surface area contributed by atoms with Crippen LogP contribution in [0, 0.1) is 5.82 Å². The van der Waals surface area contributed by atoms with Gasteiger partial charge >= 0.3 is 0 Å². The van der Waals surface area contributed by atoms with Crippen molar-refractivity contribution in [3.63, 3.8) is 0 Å². The third kappa shape index (κ3) is 1.18. The van der Waals surface area contributed by atoms with Gasteiger partial charge in [-0.2, -0.15) is 0 Å². The summed E-state index contributed by atoms with van der Waals surface area (Å²) in [5.74, 6) is -0.756. The molecule has 0 atom stereocenters. The fourth-order valence-electron chi connectivity index (χ4n) is 0.571. The Kier molecular flexibility index (Phi) is 0.974. The number of benzene rings is 1. The Bertz CT molecular complexity index is 313. The molecule has 2 N–H and O–H groups in total. The first-order chi connectivity index (χ1) is 5.88. The first-order valence-corrected chi connectivity index (χ1v) is 2.62. The van der Waals surface area contributed by atoms with Crippen molar-refractivity contribution in [1.82, 2.24) is 0 Å². The fraction of sp³-hybridized carbons (Fsp3) is 0.143. The SMILES string of the molecule is [2H]C([2H])([2H])Oc1ccc(N)c(F)c1. The average Bonchev–Trinajstić information content (AvgIpc) is 1.94. The predicted octanol–water partition coefficient (Wildman–Crippen LogP) is 1.42. The first kappa shape index (κ1) is 3.81. The van der Waals surface area contributed by atoms with Crippen LogP contribution in [0.5, 0.6) is 5.75 Å². The third-order valence-corrected chi connectivity index (χ3v) is 1.09. The lowest BCUT2D eigenvalue weighted by Crippen LogP contribution is -1.90. The quantitative estimate of drug-likeness (QED) is 0.605. The molecule has 1 rings (SSSR count). The van der Waals surface area contributed by atoms with Crippen molar-refractivity contribution in [3.05, 3.63) is 24.0 Å². The zero-order valence-electron chi connectivity index (χ0n) is 8.10. The number of rotatable bonds is 1. The maximum absolute atomic E-state index is 12.8. The fourth-order valence-corrected chi connectivity index (χ4v) is 0.571. The summed E-state index contributed by atoms with van der Waals surface area (Å²) in [6, 6.07) is 3.48. The van der Waals surface area contributed by atoms with Crippen LogP contribution < -0.4 is 10.5 Å². The van der Waals surface area contributed by atoms with Gasteiger partial charge in [0, 0.05) is 6.07 Å². The molecule has 0 fully saturated rings. The van der Waals surface area contributed by atoms with E-state index in [-0.39, 0.29) is 11.4 Å². The Morgan fingerprint density at radius 1 is 1.70 bits per heavy atom. The highest BCUT2D eigenvalue weighted by Crippen LogP contribution is 2.16. The smallest absolute Gasteiger partial charge is 0.149 e. The van der Waals surface area contributed by atoms with Gasteiger partial charge in [-0.1, -0.05) is 0 Å². The highest BCUT2D eigenvalue weighted by molar-refractivity contribution is 5.43. The van der Waals surface area contributed by atoms with Crippen LogP contribution in [0.1, 0.15) is 4.11 Å². The van der Waals surface area contributed by atoms with E-state index in [2.05, 4.69) is 4.74 Å². The van der Waals surface area contributed by atoms with Crippen LogP contribution in [0.3, 0.4) is 0 Å². The van der Waals surface area contributed by atoms with Crippen LogP contribution in [0.4, 0.5) is 10.1 Å². The molecule has 0 aliphatic heterocycles. The van der Waals surface area contributed by atoms with Crippen molar-refractivity contribution in [2.45, 2.75) is 0 Å². The summed E-state index contributed by atoms with van der Waals surface area (Å²) in [6.45, 7) is 0. The first-order valence-electron chi connectivity index (χ1n) is 4.12. The Hall–Kier alpha value is -1.25. The van der Waals surface area contributed by atoms with E-state index >= 15 is 0 Å². The van der Waals surface area contributed by atoms with Gasteiger partial charge < -0.3 is 10.5 Å². The molecule has 54 valence electrons. The Labute approximate surface area is 62.6 Å². The lowest BCUT2D eigenvalue weighted by atomic mass is 10.3. The summed E-state index contributed by atoms with van der Waals surface area (Å²) in [7, 11) is -2.57. The second-order valence-electron chi connectivity index (χ2n) is 1.79.